The summed E-state index contributed by atoms with van der Waals surface area (Å²) < 4.78 is 17.8. The molecule has 1 aliphatic heterocycles. The zero-order chi connectivity index (χ0) is 22.5. The number of amides is 1. The molecule has 2 aromatic carbocycles. The maximum absolute atomic E-state index is 13.8. The van der Waals surface area contributed by atoms with E-state index in [9.17, 15) is 9.18 Å². The van der Waals surface area contributed by atoms with Crippen molar-refractivity contribution in [1.82, 2.24) is 19.1 Å². The molecule has 5 aromatic rings. The summed E-state index contributed by atoms with van der Waals surface area (Å²) >= 11 is 6.41. The number of rotatable bonds is 4. The molecule has 164 valence electrons. The number of aromatic nitrogens is 4. The summed E-state index contributed by atoms with van der Waals surface area (Å²) in [6.07, 6.45) is 3.68. The molecule has 3 aromatic heterocycles. The molecular weight excluding hydrogens is 441 g/mol. The summed E-state index contributed by atoms with van der Waals surface area (Å²) in [4.78, 5) is 22.5. The fourth-order valence-corrected chi connectivity index (χ4v) is 4.79. The summed E-state index contributed by atoms with van der Waals surface area (Å²) in [5, 5.41) is 4.26. The van der Waals surface area contributed by atoms with Crippen LogP contribution in [0.3, 0.4) is 0 Å². The molecule has 0 radical (unpaired) electrons. The molecule has 4 heterocycles. The van der Waals surface area contributed by atoms with E-state index < -0.39 is 0 Å². The molecule has 33 heavy (non-hydrogen) atoms. The Hall–Kier alpha value is -3.71. The number of benzene rings is 2. The minimum absolute atomic E-state index is 0.299. The summed E-state index contributed by atoms with van der Waals surface area (Å²) in [5.74, 6) is 0.414. The van der Waals surface area contributed by atoms with Crippen molar-refractivity contribution in [3.63, 3.8) is 0 Å². The number of aryl methyl sites for hydroxylation is 2. The van der Waals surface area contributed by atoms with Crippen molar-refractivity contribution in [2.45, 2.75) is 25.9 Å². The first kappa shape index (κ1) is 19.9. The first-order valence-electron chi connectivity index (χ1n) is 10.8. The molecule has 0 atom stereocenters. The Labute approximate surface area is 193 Å². The van der Waals surface area contributed by atoms with Gasteiger partial charge >= 0.3 is 0 Å². The number of imidazole rings is 1. The molecule has 0 saturated heterocycles. The quantitative estimate of drug-likeness (QED) is 0.390. The number of nitrogens with one attached hydrogen (secondary N) is 1. The summed E-state index contributed by atoms with van der Waals surface area (Å²) in [7, 11) is 0. The Morgan fingerprint density at radius 2 is 2.03 bits per heavy atom. The van der Waals surface area contributed by atoms with Crippen LogP contribution >= 0.6 is 11.6 Å². The van der Waals surface area contributed by atoms with Gasteiger partial charge in [-0.3, -0.25) is 4.79 Å². The van der Waals surface area contributed by atoms with E-state index in [0.29, 0.717) is 22.9 Å². The number of nitrogens with zero attached hydrogens (tertiary/aromatic N) is 4. The fourth-order valence-electron chi connectivity index (χ4n) is 4.57. The van der Waals surface area contributed by atoms with Gasteiger partial charge in [0, 0.05) is 29.9 Å². The normalized spacial score (nSPS) is 13.0. The van der Waals surface area contributed by atoms with Gasteiger partial charge < -0.3 is 14.5 Å². The van der Waals surface area contributed by atoms with Crippen LogP contribution in [-0.4, -0.2) is 25.0 Å². The molecule has 1 amide bonds. The number of hydrogen-bond donors (Lipinski definition) is 1. The van der Waals surface area contributed by atoms with Crippen LogP contribution < -0.4 is 5.32 Å². The minimum atomic E-state index is -0.320. The van der Waals surface area contributed by atoms with Gasteiger partial charge in [0.15, 0.2) is 5.65 Å². The van der Waals surface area contributed by atoms with Crippen LogP contribution in [-0.2, 0) is 19.5 Å². The average Bonchev–Trinajstić information content (AvgIpc) is 3.48. The summed E-state index contributed by atoms with van der Waals surface area (Å²) in [5.41, 5.74) is 4.15. The second-order valence-corrected chi connectivity index (χ2v) is 8.63. The second-order valence-electron chi connectivity index (χ2n) is 8.22. The Bertz CT molecular complexity index is 1550. The molecule has 0 fully saturated rings. The van der Waals surface area contributed by atoms with E-state index in [1.807, 2.05) is 28.8 Å². The molecule has 6 rings (SSSR count). The minimum Gasteiger partial charge on any atom is -0.332 e. The zero-order valence-corrected chi connectivity index (χ0v) is 18.3. The van der Waals surface area contributed by atoms with Crippen LogP contribution in [0.2, 0.25) is 5.02 Å². The Morgan fingerprint density at radius 1 is 1.15 bits per heavy atom. The van der Waals surface area contributed by atoms with Crippen LogP contribution in [0.15, 0.2) is 60.8 Å². The Kier molecular flexibility index (Phi) is 4.66. The third kappa shape index (κ3) is 3.45. The number of hydrogen-bond acceptors (Lipinski definition) is 3. The van der Waals surface area contributed by atoms with E-state index >= 15 is 0 Å². The van der Waals surface area contributed by atoms with E-state index in [2.05, 4.69) is 19.9 Å². The topological polar surface area (TPSA) is 64.7 Å². The predicted octanol–water partition coefficient (Wildman–Crippen LogP) is 5.43. The second kappa shape index (κ2) is 7.71. The highest BCUT2D eigenvalue weighted by Crippen LogP contribution is 2.29. The molecule has 8 heteroatoms. The van der Waals surface area contributed by atoms with E-state index in [0.717, 1.165) is 52.8 Å². The number of carbonyl (C=O) groups is 1. The van der Waals surface area contributed by atoms with Gasteiger partial charge in [-0.1, -0.05) is 29.8 Å². The molecule has 0 unspecified atom stereocenters. The monoisotopic (exact) mass is 459 g/mol. The lowest BCUT2D eigenvalue weighted by Crippen LogP contribution is -2.17. The Morgan fingerprint density at radius 3 is 2.91 bits per heavy atom. The van der Waals surface area contributed by atoms with Crippen LogP contribution in [0.25, 0.3) is 22.1 Å². The number of carbonyl (C=O) groups excluding carboxylic acids is 1. The third-order valence-electron chi connectivity index (χ3n) is 6.06. The van der Waals surface area contributed by atoms with Gasteiger partial charge in [-0.25, -0.2) is 14.4 Å². The molecule has 6 nitrogen and oxygen atoms in total. The maximum Gasteiger partial charge on any atom is 0.272 e. The summed E-state index contributed by atoms with van der Waals surface area (Å²) in [6.45, 7) is 1.25. The number of halogens is 2. The molecule has 1 N–H and O–H groups in total. The van der Waals surface area contributed by atoms with Gasteiger partial charge in [0.05, 0.1) is 17.4 Å². The average molecular weight is 460 g/mol. The molecular formula is C25H19ClFN5O. The Balaban J connectivity index is 1.38. The van der Waals surface area contributed by atoms with E-state index in [-0.39, 0.29) is 11.7 Å². The standard InChI is InChI=1S/C25H19ClFN5O/c26-19-6-2-7-21-18(19)12-22(32(21)14-15-4-1-5-16(27)10-15)25(33)29-17-11-20-24(28-13-17)31-9-3-8-23(31)30-20/h1-2,4-7,10-13H,3,8-9,14H2,(H,29,33). The molecule has 0 spiro atoms. The van der Waals surface area contributed by atoms with Crippen LogP contribution in [0.5, 0.6) is 0 Å². The van der Waals surface area contributed by atoms with Crippen molar-refractivity contribution in [1.29, 1.82) is 0 Å². The van der Waals surface area contributed by atoms with E-state index in [1.165, 1.54) is 12.1 Å². The van der Waals surface area contributed by atoms with Crippen molar-refractivity contribution >= 4 is 45.3 Å². The van der Waals surface area contributed by atoms with Gasteiger partial charge in [0.25, 0.3) is 5.91 Å². The van der Waals surface area contributed by atoms with Crippen molar-refractivity contribution in [2.75, 3.05) is 5.32 Å². The number of anilines is 1. The number of pyridine rings is 1. The SMILES string of the molecule is O=C(Nc1cnc2c(c1)nc1n2CCC1)c1cc2c(Cl)cccc2n1Cc1cccc(F)c1. The van der Waals surface area contributed by atoms with Crippen molar-refractivity contribution in [3.8, 4) is 0 Å². The van der Waals surface area contributed by atoms with Gasteiger partial charge in [-0.05, 0) is 48.4 Å². The molecule has 0 saturated carbocycles. The van der Waals surface area contributed by atoms with Gasteiger partial charge in [-0.15, -0.1) is 0 Å². The highest BCUT2D eigenvalue weighted by Gasteiger charge is 2.20. The van der Waals surface area contributed by atoms with E-state index in [4.69, 9.17) is 11.6 Å². The highest BCUT2D eigenvalue weighted by molar-refractivity contribution is 6.35. The number of fused-ring (bicyclic) bond motifs is 4. The lowest BCUT2D eigenvalue weighted by Gasteiger charge is -2.12. The van der Waals surface area contributed by atoms with Crippen molar-refractivity contribution < 1.29 is 9.18 Å². The van der Waals surface area contributed by atoms with Crippen LogP contribution in [0.1, 0.15) is 28.3 Å². The largest absolute Gasteiger partial charge is 0.332 e. The molecule has 1 aliphatic rings. The highest BCUT2D eigenvalue weighted by atomic mass is 35.5. The zero-order valence-electron chi connectivity index (χ0n) is 17.6. The summed E-state index contributed by atoms with van der Waals surface area (Å²) in [6, 6.07) is 15.5. The smallest absolute Gasteiger partial charge is 0.272 e. The fraction of sp³-hybridized carbons (Fsp3) is 0.160. The molecule has 0 bridgehead atoms. The van der Waals surface area contributed by atoms with Gasteiger partial charge in [-0.2, -0.15) is 0 Å². The third-order valence-corrected chi connectivity index (χ3v) is 6.39. The van der Waals surface area contributed by atoms with Crippen molar-refractivity contribution in [2.24, 2.45) is 0 Å². The van der Waals surface area contributed by atoms with Crippen LogP contribution in [0, 0.1) is 5.82 Å². The predicted molar refractivity (Wildman–Crippen MR) is 126 cm³/mol. The lowest BCUT2D eigenvalue weighted by molar-refractivity contribution is 0.101. The molecule has 0 aliphatic carbocycles. The first-order chi connectivity index (χ1) is 16.1. The van der Waals surface area contributed by atoms with Gasteiger partial charge in [0.2, 0.25) is 0 Å². The maximum atomic E-state index is 13.8. The van der Waals surface area contributed by atoms with Crippen LogP contribution in [0.4, 0.5) is 10.1 Å². The van der Waals surface area contributed by atoms with E-state index in [1.54, 1.807) is 24.4 Å². The first-order valence-corrected chi connectivity index (χ1v) is 11.1. The lowest BCUT2D eigenvalue weighted by atomic mass is 10.2. The van der Waals surface area contributed by atoms with Gasteiger partial charge in [0.1, 0.15) is 22.9 Å². The van der Waals surface area contributed by atoms with Crippen molar-refractivity contribution in [3.05, 3.63) is 88.7 Å².